The molecule has 1 heterocycles. The molecule has 2 N–H and O–H groups in total. The lowest BCUT2D eigenvalue weighted by atomic mass is 9.85. The maximum absolute atomic E-state index is 10.9. The van der Waals surface area contributed by atoms with Gasteiger partial charge in [0.1, 0.15) is 6.10 Å². The van der Waals surface area contributed by atoms with E-state index in [0.29, 0.717) is 5.69 Å². The van der Waals surface area contributed by atoms with Crippen molar-refractivity contribution >= 4 is 5.97 Å². The number of nitrogens with zero attached hydrogens (tertiary/aromatic N) is 2. The summed E-state index contributed by atoms with van der Waals surface area (Å²) in [4.78, 5) is 10.9. The molecule has 14 heavy (non-hydrogen) atoms. The Labute approximate surface area is 82.0 Å². The zero-order chi connectivity index (χ0) is 10.9. The third-order valence-electron chi connectivity index (χ3n) is 2.37. The second kappa shape index (κ2) is 3.42. The van der Waals surface area contributed by atoms with Crippen molar-refractivity contribution in [3.8, 4) is 0 Å². The fourth-order valence-corrected chi connectivity index (χ4v) is 1.14. The van der Waals surface area contributed by atoms with Crippen LogP contribution in [0.1, 0.15) is 25.6 Å². The number of aromatic nitrogens is 2. The van der Waals surface area contributed by atoms with Crippen LogP contribution >= 0.6 is 0 Å². The van der Waals surface area contributed by atoms with Gasteiger partial charge in [-0.2, -0.15) is 5.10 Å². The molecule has 78 valence electrons. The Kier molecular flexibility index (Phi) is 2.62. The summed E-state index contributed by atoms with van der Waals surface area (Å²) in [5.41, 5.74) is -0.717. The largest absolute Gasteiger partial charge is 0.481 e. The predicted octanol–water partition coefficient (Wildman–Crippen LogP) is 0.564. The van der Waals surface area contributed by atoms with E-state index in [2.05, 4.69) is 5.10 Å². The molecule has 1 atom stereocenters. The predicted molar refractivity (Wildman–Crippen MR) is 49.6 cm³/mol. The summed E-state index contributed by atoms with van der Waals surface area (Å²) in [6, 6.07) is 1.61. The summed E-state index contributed by atoms with van der Waals surface area (Å²) in [6.07, 6.45) is 0.462. The standard InChI is InChI=1S/C9H14N2O3/c1-9(2,8(13)14)7(12)6-4-5-10-11(6)3/h4-5,7,12H,1-3H3,(H,13,14). The van der Waals surface area contributed by atoms with Crippen LogP contribution in [0.5, 0.6) is 0 Å². The highest BCUT2D eigenvalue weighted by molar-refractivity contribution is 5.74. The monoisotopic (exact) mass is 198 g/mol. The van der Waals surface area contributed by atoms with Gasteiger partial charge in [-0.15, -0.1) is 0 Å². The van der Waals surface area contributed by atoms with Crippen LogP contribution in [0.25, 0.3) is 0 Å². The van der Waals surface area contributed by atoms with Crippen molar-refractivity contribution in [3.05, 3.63) is 18.0 Å². The van der Waals surface area contributed by atoms with Gasteiger partial charge in [-0.05, 0) is 19.9 Å². The molecule has 0 aliphatic rings. The first-order valence-electron chi connectivity index (χ1n) is 4.26. The van der Waals surface area contributed by atoms with Gasteiger partial charge < -0.3 is 10.2 Å². The Morgan fingerprint density at radius 1 is 1.64 bits per heavy atom. The van der Waals surface area contributed by atoms with Crippen molar-refractivity contribution in [1.29, 1.82) is 0 Å². The van der Waals surface area contributed by atoms with E-state index in [1.54, 1.807) is 13.1 Å². The van der Waals surface area contributed by atoms with Gasteiger partial charge in [0.25, 0.3) is 0 Å². The van der Waals surface area contributed by atoms with Gasteiger partial charge in [-0.25, -0.2) is 0 Å². The van der Waals surface area contributed by atoms with Crippen LogP contribution in [0.15, 0.2) is 12.3 Å². The first-order chi connectivity index (χ1) is 6.37. The first kappa shape index (κ1) is 10.7. The molecular formula is C9H14N2O3. The maximum Gasteiger partial charge on any atom is 0.312 e. The van der Waals surface area contributed by atoms with Gasteiger partial charge in [0.15, 0.2) is 0 Å². The van der Waals surface area contributed by atoms with E-state index in [9.17, 15) is 9.90 Å². The molecule has 1 rings (SSSR count). The highest BCUT2D eigenvalue weighted by Crippen LogP contribution is 2.32. The average Bonchev–Trinajstić information content (AvgIpc) is 2.49. The molecule has 1 aromatic heterocycles. The lowest BCUT2D eigenvalue weighted by Crippen LogP contribution is -2.32. The van der Waals surface area contributed by atoms with Crippen LogP contribution in [-0.2, 0) is 11.8 Å². The Bertz CT molecular complexity index is 344. The van der Waals surface area contributed by atoms with Crippen molar-refractivity contribution in [2.75, 3.05) is 0 Å². The number of carboxylic acids is 1. The summed E-state index contributed by atoms with van der Waals surface area (Å²) < 4.78 is 1.47. The van der Waals surface area contributed by atoms with Crippen molar-refractivity contribution in [3.63, 3.8) is 0 Å². The minimum Gasteiger partial charge on any atom is -0.481 e. The third-order valence-corrected chi connectivity index (χ3v) is 2.37. The average molecular weight is 198 g/mol. The van der Waals surface area contributed by atoms with Gasteiger partial charge >= 0.3 is 5.97 Å². The Balaban J connectivity index is 3.02. The number of aliphatic hydroxyl groups is 1. The molecule has 5 heteroatoms. The molecule has 0 radical (unpaired) electrons. The second-order valence-corrected chi connectivity index (χ2v) is 3.81. The van der Waals surface area contributed by atoms with Gasteiger partial charge in [0.2, 0.25) is 0 Å². The highest BCUT2D eigenvalue weighted by atomic mass is 16.4. The lowest BCUT2D eigenvalue weighted by Gasteiger charge is -2.25. The zero-order valence-electron chi connectivity index (χ0n) is 8.43. The van der Waals surface area contributed by atoms with E-state index in [1.807, 2.05) is 0 Å². The summed E-state index contributed by atoms with van der Waals surface area (Å²) in [5, 5.41) is 22.6. The molecule has 0 saturated heterocycles. The van der Waals surface area contributed by atoms with E-state index in [1.165, 1.54) is 24.7 Å². The quantitative estimate of drug-likeness (QED) is 0.744. The van der Waals surface area contributed by atoms with Gasteiger partial charge in [-0.3, -0.25) is 9.48 Å². The number of aliphatic carboxylic acids is 1. The van der Waals surface area contributed by atoms with Crippen LogP contribution in [0.2, 0.25) is 0 Å². The molecule has 0 fully saturated rings. The number of aryl methyl sites for hydroxylation is 1. The van der Waals surface area contributed by atoms with E-state index < -0.39 is 17.5 Å². The fourth-order valence-electron chi connectivity index (χ4n) is 1.14. The minimum atomic E-state index is -1.21. The third kappa shape index (κ3) is 1.63. The Morgan fingerprint density at radius 2 is 2.21 bits per heavy atom. The SMILES string of the molecule is Cn1nccc1C(O)C(C)(C)C(=O)O. The van der Waals surface area contributed by atoms with Gasteiger partial charge in [0.05, 0.1) is 11.1 Å². The number of hydrogen-bond acceptors (Lipinski definition) is 3. The van der Waals surface area contributed by atoms with Crippen molar-refractivity contribution in [1.82, 2.24) is 9.78 Å². The van der Waals surface area contributed by atoms with Crippen LogP contribution in [0.3, 0.4) is 0 Å². The smallest absolute Gasteiger partial charge is 0.312 e. The molecular weight excluding hydrogens is 184 g/mol. The summed E-state index contributed by atoms with van der Waals surface area (Å²) in [5.74, 6) is -1.04. The molecule has 0 saturated carbocycles. The first-order valence-corrected chi connectivity index (χ1v) is 4.26. The molecule has 0 amide bonds. The van der Waals surface area contributed by atoms with E-state index in [4.69, 9.17) is 5.11 Å². The zero-order valence-corrected chi connectivity index (χ0v) is 8.43. The topological polar surface area (TPSA) is 75.3 Å². The lowest BCUT2D eigenvalue weighted by molar-refractivity contribution is -0.154. The highest BCUT2D eigenvalue weighted by Gasteiger charge is 2.38. The van der Waals surface area contributed by atoms with Crippen LogP contribution in [0.4, 0.5) is 0 Å². The van der Waals surface area contributed by atoms with Gasteiger partial charge in [-0.1, -0.05) is 0 Å². The van der Waals surface area contributed by atoms with E-state index in [-0.39, 0.29) is 0 Å². The molecule has 0 bridgehead atoms. The second-order valence-electron chi connectivity index (χ2n) is 3.81. The minimum absolute atomic E-state index is 0.498. The van der Waals surface area contributed by atoms with Crippen molar-refractivity contribution in [2.45, 2.75) is 20.0 Å². The molecule has 5 nitrogen and oxygen atoms in total. The normalized spacial score (nSPS) is 14.0. The molecule has 0 aromatic carbocycles. The van der Waals surface area contributed by atoms with Crippen LogP contribution < -0.4 is 0 Å². The van der Waals surface area contributed by atoms with Gasteiger partial charge in [0, 0.05) is 13.2 Å². The molecule has 0 spiro atoms. The summed E-state index contributed by atoms with van der Waals surface area (Å²) in [7, 11) is 1.66. The number of carboxylic acid groups (broad SMARTS) is 1. The molecule has 0 aliphatic heterocycles. The molecule has 0 aliphatic carbocycles. The van der Waals surface area contributed by atoms with E-state index >= 15 is 0 Å². The summed E-state index contributed by atoms with van der Waals surface area (Å²) >= 11 is 0. The van der Waals surface area contributed by atoms with Crippen molar-refractivity contribution in [2.24, 2.45) is 12.5 Å². The molecule has 1 aromatic rings. The van der Waals surface area contributed by atoms with Crippen LogP contribution in [0, 0.1) is 5.41 Å². The maximum atomic E-state index is 10.9. The number of rotatable bonds is 3. The number of carbonyl (C=O) groups is 1. The fraction of sp³-hybridized carbons (Fsp3) is 0.556. The Hall–Kier alpha value is -1.36. The van der Waals surface area contributed by atoms with Crippen molar-refractivity contribution < 1.29 is 15.0 Å². The number of hydrogen-bond donors (Lipinski definition) is 2. The number of aliphatic hydroxyl groups excluding tert-OH is 1. The Morgan fingerprint density at radius 3 is 2.57 bits per heavy atom. The summed E-state index contributed by atoms with van der Waals surface area (Å²) in [6.45, 7) is 2.96. The molecule has 1 unspecified atom stereocenters. The van der Waals surface area contributed by atoms with E-state index in [0.717, 1.165) is 0 Å². The van der Waals surface area contributed by atoms with Crippen LogP contribution in [-0.4, -0.2) is 26.0 Å².